The zero-order valence-electron chi connectivity index (χ0n) is 8.16. The quantitative estimate of drug-likeness (QED) is 0.617. The molecule has 1 atom stereocenters. The van der Waals surface area contributed by atoms with Crippen LogP contribution in [0.2, 0.25) is 0 Å². The van der Waals surface area contributed by atoms with E-state index in [9.17, 15) is 4.79 Å². The fraction of sp³-hybridized carbons (Fsp3) is 0.400. The van der Waals surface area contributed by atoms with Crippen LogP contribution in [0.3, 0.4) is 0 Å². The first kappa shape index (κ1) is 10.7. The SMILES string of the molecule is C=CC1=NC(=O)C(C=C)(CCOC)O1. The number of aliphatic imine (C=N–C) groups is 1. The molecule has 0 aromatic rings. The molecule has 4 heteroatoms. The molecule has 0 aromatic heterocycles. The van der Waals surface area contributed by atoms with E-state index in [1.165, 1.54) is 12.2 Å². The molecule has 4 nitrogen and oxygen atoms in total. The Morgan fingerprint density at radius 1 is 1.64 bits per heavy atom. The van der Waals surface area contributed by atoms with Crippen molar-refractivity contribution in [3.8, 4) is 0 Å². The Labute approximate surface area is 82.9 Å². The second kappa shape index (κ2) is 4.19. The zero-order valence-corrected chi connectivity index (χ0v) is 8.16. The van der Waals surface area contributed by atoms with Gasteiger partial charge in [0.05, 0.1) is 6.61 Å². The van der Waals surface area contributed by atoms with Crippen molar-refractivity contribution in [3.63, 3.8) is 0 Å². The first-order chi connectivity index (χ1) is 6.68. The van der Waals surface area contributed by atoms with Crippen LogP contribution in [0.25, 0.3) is 0 Å². The highest BCUT2D eigenvalue weighted by Crippen LogP contribution is 2.25. The van der Waals surface area contributed by atoms with Gasteiger partial charge < -0.3 is 9.47 Å². The monoisotopic (exact) mass is 195 g/mol. The molecule has 0 saturated heterocycles. The largest absolute Gasteiger partial charge is 0.456 e. The predicted molar refractivity (Wildman–Crippen MR) is 53.1 cm³/mol. The summed E-state index contributed by atoms with van der Waals surface area (Å²) < 4.78 is 10.2. The van der Waals surface area contributed by atoms with Gasteiger partial charge >= 0.3 is 0 Å². The molecular formula is C10H13NO3. The summed E-state index contributed by atoms with van der Waals surface area (Å²) in [6.07, 6.45) is 3.26. The Kier molecular flexibility index (Phi) is 3.19. The van der Waals surface area contributed by atoms with Crippen molar-refractivity contribution in [1.82, 2.24) is 0 Å². The molecule has 0 bridgehead atoms. The van der Waals surface area contributed by atoms with Crippen molar-refractivity contribution in [2.45, 2.75) is 12.0 Å². The van der Waals surface area contributed by atoms with E-state index in [-0.39, 0.29) is 11.8 Å². The molecule has 1 unspecified atom stereocenters. The summed E-state index contributed by atoms with van der Waals surface area (Å²) in [5.41, 5.74) is -1.06. The molecular weight excluding hydrogens is 182 g/mol. The summed E-state index contributed by atoms with van der Waals surface area (Å²) in [6, 6.07) is 0. The summed E-state index contributed by atoms with van der Waals surface area (Å²) in [5, 5.41) is 0. The predicted octanol–water partition coefficient (Wildman–Crippen LogP) is 1.09. The Morgan fingerprint density at radius 3 is 2.79 bits per heavy atom. The third-order valence-corrected chi connectivity index (χ3v) is 2.04. The molecule has 0 aromatic carbocycles. The number of carbonyl (C=O) groups is 1. The van der Waals surface area contributed by atoms with Crippen molar-refractivity contribution in [2.24, 2.45) is 4.99 Å². The lowest BCUT2D eigenvalue weighted by Crippen LogP contribution is -2.36. The molecule has 1 rings (SSSR count). The second-order valence-corrected chi connectivity index (χ2v) is 2.90. The van der Waals surface area contributed by atoms with Gasteiger partial charge in [-0.05, 0) is 12.2 Å². The van der Waals surface area contributed by atoms with Crippen LogP contribution in [0.15, 0.2) is 30.3 Å². The fourth-order valence-corrected chi connectivity index (χ4v) is 1.18. The molecule has 1 heterocycles. The highest BCUT2D eigenvalue weighted by Gasteiger charge is 2.42. The van der Waals surface area contributed by atoms with Gasteiger partial charge in [-0.25, -0.2) is 0 Å². The van der Waals surface area contributed by atoms with E-state index in [4.69, 9.17) is 9.47 Å². The number of nitrogens with zero attached hydrogens (tertiary/aromatic N) is 1. The molecule has 76 valence electrons. The molecule has 0 saturated carbocycles. The van der Waals surface area contributed by atoms with Crippen LogP contribution >= 0.6 is 0 Å². The van der Waals surface area contributed by atoms with Gasteiger partial charge in [-0.15, -0.1) is 0 Å². The van der Waals surface area contributed by atoms with Gasteiger partial charge in [0, 0.05) is 13.5 Å². The van der Waals surface area contributed by atoms with Crippen LogP contribution in [0.5, 0.6) is 0 Å². The summed E-state index contributed by atoms with van der Waals surface area (Å²) in [7, 11) is 1.56. The molecule has 0 fully saturated rings. The highest BCUT2D eigenvalue weighted by molar-refractivity contribution is 6.07. The lowest BCUT2D eigenvalue weighted by atomic mass is 10.00. The Balaban J connectivity index is 2.79. The molecule has 1 aliphatic rings. The maximum atomic E-state index is 11.5. The summed E-state index contributed by atoms with van der Waals surface area (Å²) in [4.78, 5) is 15.2. The number of carbonyl (C=O) groups excluding carboxylic acids is 1. The van der Waals surface area contributed by atoms with Gasteiger partial charge in [-0.2, -0.15) is 4.99 Å². The van der Waals surface area contributed by atoms with E-state index in [0.717, 1.165) is 0 Å². The van der Waals surface area contributed by atoms with E-state index in [1.54, 1.807) is 7.11 Å². The molecule has 0 radical (unpaired) electrons. The number of ether oxygens (including phenoxy) is 2. The maximum Gasteiger partial charge on any atom is 0.297 e. The highest BCUT2D eigenvalue weighted by atomic mass is 16.5. The van der Waals surface area contributed by atoms with Crippen molar-refractivity contribution in [3.05, 3.63) is 25.3 Å². The lowest BCUT2D eigenvalue weighted by molar-refractivity contribution is -0.128. The van der Waals surface area contributed by atoms with E-state index in [0.29, 0.717) is 13.0 Å². The smallest absolute Gasteiger partial charge is 0.297 e. The van der Waals surface area contributed by atoms with Gasteiger partial charge in [0.25, 0.3) is 5.91 Å². The molecule has 0 aliphatic carbocycles. The van der Waals surface area contributed by atoms with Crippen LogP contribution in [0, 0.1) is 0 Å². The number of methoxy groups -OCH3 is 1. The van der Waals surface area contributed by atoms with Gasteiger partial charge in [0.1, 0.15) is 0 Å². The van der Waals surface area contributed by atoms with Crippen molar-refractivity contribution in [1.29, 1.82) is 0 Å². The summed E-state index contributed by atoms with van der Waals surface area (Å²) in [6.45, 7) is 7.48. The van der Waals surface area contributed by atoms with E-state index >= 15 is 0 Å². The van der Waals surface area contributed by atoms with Gasteiger partial charge in [-0.3, -0.25) is 4.79 Å². The minimum Gasteiger partial charge on any atom is -0.456 e. The lowest BCUT2D eigenvalue weighted by Gasteiger charge is -2.21. The molecule has 0 N–H and O–H groups in total. The standard InChI is InChI=1S/C10H13NO3/c1-4-8-11-9(12)10(5-2,14-8)6-7-13-3/h4-5H,1-2,6-7H2,3H3. The van der Waals surface area contributed by atoms with Crippen molar-refractivity contribution in [2.75, 3.05) is 13.7 Å². The molecule has 0 spiro atoms. The van der Waals surface area contributed by atoms with E-state index in [2.05, 4.69) is 18.2 Å². The molecule has 1 aliphatic heterocycles. The Hall–Kier alpha value is -1.42. The van der Waals surface area contributed by atoms with Gasteiger partial charge in [0.15, 0.2) is 0 Å². The number of hydrogen-bond acceptors (Lipinski definition) is 3. The summed E-state index contributed by atoms with van der Waals surface area (Å²) >= 11 is 0. The third kappa shape index (κ3) is 1.75. The van der Waals surface area contributed by atoms with Crippen molar-refractivity contribution >= 4 is 11.8 Å². The van der Waals surface area contributed by atoms with E-state index in [1.807, 2.05) is 0 Å². The third-order valence-electron chi connectivity index (χ3n) is 2.04. The Morgan fingerprint density at radius 2 is 2.36 bits per heavy atom. The summed E-state index contributed by atoms with van der Waals surface area (Å²) in [5.74, 6) is -0.106. The van der Waals surface area contributed by atoms with Crippen LogP contribution in [0.4, 0.5) is 0 Å². The number of rotatable bonds is 5. The minimum absolute atomic E-state index is 0.242. The topological polar surface area (TPSA) is 47.9 Å². The first-order valence-corrected chi connectivity index (χ1v) is 4.25. The minimum atomic E-state index is -1.06. The van der Waals surface area contributed by atoms with Gasteiger partial charge in [0.2, 0.25) is 11.5 Å². The van der Waals surface area contributed by atoms with Crippen LogP contribution in [0.1, 0.15) is 6.42 Å². The normalized spacial score (nSPS) is 25.5. The van der Waals surface area contributed by atoms with Gasteiger partial charge in [-0.1, -0.05) is 13.2 Å². The maximum absolute atomic E-state index is 11.5. The Bertz CT molecular complexity index is 296. The van der Waals surface area contributed by atoms with Crippen LogP contribution < -0.4 is 0 Å². The van der Waals surface area contributed by atoms with E-state index < -0.39 is 5.60 Å². The zero-order chi connectivity index (χ0) is 10.6. The molecule has 14 heavy (non-hydrogen) atoms. The average Bonchev–Trinajstić information content (AvgIpc) is 2.53. The fourth-order valence-electron chi connectivity index (χ4n) is 1.18. The van der Waals surface area contributed by atoms with Crippen molar-refractivity contribution < 1.29 is 14.3 Å². The molecule has 1 amide bonds. The van der Waals surface area contributed by atoms with Crippen LogP contribution in [-0.4, -0.2) is 31.1 Å². The number of amides is 1. The second-order valence-electron chi connectivity index (χ2n) is 2.90. The van der Waals surface area contributed by atoms with Crippen LogP contribution in [-0.2, 0) is 14.3 Å². The average molecular weight is 195 g/mol. The first-order valence-electron chi connectivity index (χ1n) is 4.25. The number of hydrogen-bond donors (Lipinski definition) is 0.